The molecule has 2 rings (SSSR count). The van der Waals surface area contributed by atoms with Crippen LogP contribution in [0, 0.1) is 0 Å². The number of benzene rings is 1. The summed E-state index contributed by atoms with van der Waals surface area (Å²) in [6, 6.07) is 5.57. The van der Waals surface area contributed by atoms with Gasteiger partial charge in [-0.15, -0.1) is 0 Å². The Bertz CT molecular complexity index is 593. The molecule has 0 atom stereocenters. The van der Waals surface area contributed by atoms with Crippen molar-refractivity contribution in [1.29, 1.82) is 0 Å². The van der Waals surface area contributed by atoms with Gasteiger partial charge in [0.05, 0.1) is 12.2 Å². The standard InChI is InChI=1S/C16H20N2O6/c1-2-23-16(22)18-9-7-17(8-10-18)14(20)11-24-15(21)12-3-5-13(19)6-4-12/h3-6,19H,2,7-11H2,1H3. The lowest BCUT2D eigenvalue weighted by Gasteiger charge is -2.33. The second-order valence-corrected chi connectivity index (χ2v) is 5.19. The zero-order valence-electron chi connectivity index (χ0n) is 13.4. The van der Waals surface area contributed by atoms with E-state index in [1.165, 1.54) is 29.2 Å². The topological polar surface area (TPSA) is 96.4 Å². The number of aromatic hydroxyl groups is 1. The van der Waals surface area contributed by atoms with Gasteiger partial charge in [-0.3, -0.25) is 4.79 Å². The monoisotopic (exact) mass is 336 g/mol. The minimum Gasteiger partial charge on any atom is -0.508 e. The lowest BCUT2D eigenvalue weighted by molar-refractivity contribution is -0.136. The maximum atomic E-state index is 12.1. The Hall–Kier alpha value is -2.77. The average molecular weight is 336 g/mol. The molecule has 2 amide bonds. The van der Waals surface area contributed by atoms with Crippen molar-refractivity contribution in [2.24, 2.45) is 0 Å². The van der Waals surface area contributed by atoms with Gasteiger partial charge in [0, 0.05) is 26.2 Å². The third-order valence-corrected chi connectivity index (χ3v) is 3.59. The molecule has 1 heterocycles. The molecule has 0 spiro atoms. The minimum absolute atomic E-state index is 0.0436. The fourth-order valence-electron chi connectivity index (χ4n) is 2.25. The first kappa shape index (κ1) is 17.6. The van der Waals surface area contributed by atoms with Crippen molar-refractivity contribution in [3.8, 4) is 5.75 Å². The second kappa shape index (κ2) is 8.19. The van der Waals surface area contributed by atoms with Crippen LogP contribution in [0.25, 0.3) is 0 Å². The molecule has 0 saturated carbocycles. The number of ether oxygens (including phenoxy) is 2. The lowest BCUT2D eigenvalue weighted by atomic mass is 10.2. The van der Waals surface area contributed by atoms with Gasteiger partial charge in [0.1, 0.15) is 5.75 Å². The van der Waals surface area contributed by atoms with Crippen molar-refractivity contribution >= 4 is 18.0 Å². The van der Waals surface area contributed by atoms with Crippen molar-refractivity contribution < 1.29 is 29.0 Å². The fourth-order valence-corrected chi connectivity index (χ4v) is 2.25. The molecule has 24 heavy (non-hydrogen) atoms. The zero-order chi connectivity index (χ0) is 17.5. The molecule has 1 aromatic rings. The van der Waals surface area contributed by atoms with Gasteiger partial charge in [-0.25, -0.2) is 9.59 Å². The maximum Gasteiger partial charge on any atom is 0.409 e. The van der Waals surface area contributed by atoms with E-state index in [0.717, 1.165) is 0 Å². The Kier molecular flexibility index (Phi) is 6.00. The number of esters is 1. The van der Waals surface area contributed by atoms with Crippen LogP contribution in [0.2, 0.25) is 0 Å². The predicted octanol–water partition coefficient (Wildman–Crippen LogP) is 0.850. The number of hydrogen-bond donors (Lipinski definition) is 1. The van der Waals surface area contributed by atoms with E-state index in [9.17, 15) is 19.5 Å². The first-order chi connectivity index (χ1) is 11.5. The molecule has 1 saturated heterocycles. The van der Waals surface area contributed by atoms with Crippen LogP contribution < -0.4 is 0 Å². The molecule has 0 aromatic heterocycles. The first-order valence-corrected chi connectivity index (χ1v) is 7.67. The highest BCUT2D eigenvalue weighted by Gasteiger charge is 2.25. The van der Waals surface area contributed by atoms with E-state index >= 15 is 0 Å². The van der Waals surface area contributed by atoms with Gasteiger partial charge in [-0.05, 0) is 31.2 Å². The van der Waals surface area contributed by atoms with Gasteiger partial charge in [-0.2, -0.15) is 0 Å². The number of hydrogen-bond acceptors (Lipinski definition) is 6. The van der Waals surface area contributed by atoms with Gasteiger partial charge in [0.25, 0.3) is 5.91 Å². The number of piperazine rings is 1. The Morgan fingerprint density at radius 1 is 1.00 bits per heavy atom. The highest BCUT2D eigenvalue weighted by atomic mass is 16.6. The summed E-state index contributed by atoms with van der Waals surface area (Å²) < 4.78 is 9.89. The molecule has 0 aliphatic carbocycles. The van der Waals surface area contributed by atoms with E-state index in [0.29, 0.717) is 32.8 Å². The number of amides is 2. The lowest BCUT2D eigenvalue weighted by Crippen LogP contribution is -2.51. The molecule has 1 fully saturated rings. The van der Waals surface area contributed by atoms with Gasteiger partial charge < -0.3 is 24.4 Å². The van der Waals surface area contributed by atoms with Crippen LogP contribution in [-0.2, 0) is 14.3 Å². The van der Waals surface area contributed by atoms with Crippen LogP contribution in [0.15, 0.2) is 24.3 Å². The van der Waals surface area contributed by atoms with Crippen LogP contribution >= 0.6 is 0 Å². The van der Waals surface area contributed by atoms with Crippen molar-refractivity contribution in [3.63, 3.8) is 0 Å². The smallest absolute Gasteiger partial charge is 0.409 e. The van der Waals surface area contributed by atoms with Crippen LogP contribution in [0.5, 0.6) is 5.75 Å². The highest BCUT2D eigenvalue weighted by Crippen LogP contribution is 2.11. The molecule has 130 valence electrons. The van der Waals surface area contributed by atoms with Gasteiger partial charge >= 0.3 is 12.1 Å². The third kappa shape index (κ3) is 4.61. The molecule has 8 nitrogen and oxygen atoms in total. The van der Waals surface area contributed by atoms with E-state index in [4.69, 9.17) is 9.47 Å². The molecular weight excluding hydrogens is 316 g/mol. The Balaban J connectivity index is 1.76. The number of phenolic OH excluding ortho intramolecular Hbond substituents is 1. The maximum absolute atomic E-state index is 12.1. The van der Waals surface area contributed by atoms with E-state index in [1.54, 1.807) is 11.8 Å². The fraction of sp³-hybridized carbons (Fsp3) is 0.438. The Morgan fingerprint density at radius 2 is 1.58 bits per heavy atom. The number of rotatable bonds is 4. The van der Waals surface area contributed by atoms with Gasteiger partial charge in [-0.1, -0.05) is 0 Å². The summed E-state index contributed by atoms with van der Waals surface area (Å²) in [4.78, 5) is 38.5. The van der Waals surface area contributed by atoms with Gasteiger partial charge in [0.15, 0.2) is 6.61 Å². The summed E-state index contributed by atoms with van der Waals surface area (Å²) in [5.41, 5.74) is 0.257. The second-order valence-electron chi connectivity index (χ2n) is 5.19. The number of nitrogens with zero attached hydrogens (tertiary/aromatic N) is 2. The van der Waals surface area contributed by atoms with E-state index in [-0.39, 0.29) is 29.9 Å². The van der Waals surface area contributed by atoms with Crippen LogP contribution in [0.3, 0.4) is 0 Å². The summed E-state index contributed by atoms with van der Waals surface area (Å²) >= 11 is 0. The summed E-state index contributed by atoms with van der Waals surface area (Å²) in [6.07, 6.45) is -0.386. The zero-order valence-corrected chi connectivity index (χ0v) is 13.4. The van der Waals surface area contributed by atoms with Crippen molar-refractivity contribution in [2.75, 3.05) is 39.4 Å². The van der Waals surface area contributed by atoms with Crippen LogP contribution in [0.4, 0.5) is 4.79 Å². The van der Waals surface area contributed by atoms with Crippen molar-refractivity contribution in [3.05, 3.63) is 29.8 Å². The summed E-state index contributed by atoms with van der Waals surface area (Å²) in [5, 5.41) is 9.17. The highest BCUT2D eigenvalue weighted by molar-refractivity contribution is 5.91. The molecule has 0 bridgehead atoms. The summed E-state index contributed by atoms with van der Waals surface area (Å²) in [6.45, 7) is 3.19. The molecule has 1 aliphatic rings. The van der Waals surface area contributed by atoms with Crippen molar-refractivity contribution in [2.45, 2.75) is 6.92 Å². The molecule has 0 unspecified atom stereocenters. The van der Waals surface area contributed by atoms with Gasteiger partial charge in [0.2, 0.25) is 0 Å². The molecule has 0 radical (unpaired) electrons. The number of carbonyl (C=O) groups excluding carboxylic acids is 3. The molecule has 8 heteroatoms. The van der Waals surface area contributed by atoms with Crippen LogP contribution in [-0.4, -0.2) is 72.3 Å². The predicted molar refractivity (Wildman–Crippen MR) is 83.6 cm³/mol. The molecule has 1 aliphatic heterocycles. The first-order valence-electron chi connectivity index (χ1n) is 7.67. The SMILES string of the molecule is CCOC(=O)N1CCN(C(=O)COC(=O)c2ccc(O)cc2)CC1. The molecule has 1 aromatic carbocycles. The van der Waals surface area contributed by atoms with E-state index < -0.39 is 5.97 Å². The summed E-state index contributed by atoms with van der Waals surface area (Å²) in [7, 11) is 0. The Labute approximate surface area is 139 Å². The normalized spacial score (nSPS) is 14.2. The average Bonchev–Trinajstić information content (AvgIpc) is 2.60. The Morgan fingerprint density at radius 3 is 2.17 bits per heavy atom. The quantitative estimate of drug-likeness (QED) is 0.819. The number of carbonyl (C=O) groups is 3. The summed E-state index contributed by atoms with van der Waals surface area (Å²) in [5.74, 6) is -0.902. The van der Waals surface area contributed by atoms with Crippen LogP contribution in [0.1, 0.15) is 17.3 Å². The number of phenols is 1. The van der Waals surface area contributed by atoms with E-state index in [1.807, 2.05) is 0 Å². The molecular formula is C16H20N2O6. The largest absolute Gasteiger partial charge is 0.508 e. The van der Waals surface area contributed by atoms with Crippen molar-refractivity contribution in [1.82, 2.24) is 9.80 Å². The van der Waals surface area contributed by atoms with E-state index in [2.05, 4.69) is 0 Å². The third-order valence-electron chi connectivity index (χ3n) is 3.59. The minimum atomic E-state index is -0.631. The molecule has 1 N–H and O–H groups in total.